The highest BCUT2D eigenvalue weighted by atomic mass is 32.2. The molecule has 0 aromatic carbocycles. The van der Waals surface area contributed by atoms with E-state index in [0.29, 0.717) is 19.4 Å². The van der Waals surface area contributed by atoms with Gasteiger partial charge in [-0.25, -0.2) is 0 Å². The molecule has 1 spiro atoms. The predicted octanol–water partition coefficient (Wildman–Crippen LogP) is 3.95. The van der Waals surface area contributed by atoms with Crippen LogP contribution in [-0.4, -0.2) is 80.1 Å². The lowest BCUT2D eigenvalue weighted by molar-refractivity contribution is -0.156. The second-order valence-electron chi connectivity index (χ2n) is 11.8. The highest BCUT2D eigenvalue weighted by molar-refractivity contribution is 8.02. The summed E-state index contributed by atoms with van der Waals surface area (Å²) in [5.41, 5.74) is 0. The van der Waals surface area contributed by atoms with Gasteiger partial charge in [0.2, 0.25) is 11.8 Å². The lowest BCUT2D eigenvalue weighted by Gasteiger charge is -2.43. The third kappa shape index (κ3) is 4.66. The summed E-state index contributed by atoms with van der Waals surface area (Å²) in [7, 11) is 0. The fraction of sp³-hybridized carbons (Fsp3) is 0.759. The molecule has 3 aliphatic heterocycles. The number of fused-ring (bicyclic) bond motifs is 1. The molecule has 1 N–H and O–H groups in total. The number of nitrogens with zero attached hydrogens (tertiary/aromatic N) is 2. The summed E-state index contributed by atoms with van der Waals surface area (Å²) >= 11 is 1.65. The SMILES string of the molecule is C=CCCOC(=O)[C@@H]1[C@H]2C(=O)N([C@@H](CO)C(C)C)C(C(=O)N(CC=C)C3CCCCC3)C23CC[C@@]1(C)S3. The van der Waals surface area contributed by atoms with Gasteiger partial charge in [0.25, 0.3) is 0 Å². The first-order valence-electron chi connectivity index (χ1n) is 14.0. The first-order valence-corrected chi connectivity index (χ1v) is 14.8. The van der Waals surface area contributed by atoms with E-state index in [9.17, 15) is 19.5 Å². The molecule has 206 valence electrons. The van der Waals surface area contributed by atoms with Gasteiger partial charge in [-0.1, -0.05) is 45.3 Å². The first-order chi connectivity index (χ1) is 17.7. The van der Waals surface area contributed by atoms with Gasteiger partial charge in [0, 0.05) is 17.3 Å². The average Bonchev–Trinajstić information content (AvgIpc) is 3.44. The van der Waals surface area contributed by atoms with E-state index in [2.05, 4.69) is 20.1 Å². The molecule has 3 heterocycles. The molecule has 4 fully saturated rings. The minimum Gasteiger partial charge on any atom is -0.465 e. The Balaban J connectivity index is 1.77. The van der Waals surface area contributed by atoms with Crippen LogP contribution in [0, 0.1) is 17.8 Å². The summed E-state index contributed by atoms with van der Waals surface area (Å²) < 4.78 is 4.46. The third-order valence-electron chi connectivity index (χ3n) is 9.21. The van der Waals surface area contributed by atoms with Crippen LogP contribution in [0.4, 0.5) is 0 Å². The minimum absolute atomic E-state index is 0.0437. The first kappa shape index (κ1) is 28.2. The number of thioether (sulfide) groups is 1. The lowest BCUT2D eigenvalue weighted by Crippen LogP contribution is -2.60. The van der Waals surface area contributed by atoms with Crippen LogP contribution in [0.15, 0.2) is 25.3 Å². The van der Waals surface area contributed by atoms with Gasteiger partial charge >= 0.3 is 5.97 Å². The van der Waals surface area contributed by atoms with Crippen molar-refractivity contribution in [2.45, 2.75) is 99.8 Å². The van der Waals surface area contributed by atoms with Gasteiger partial charge in [0.15, 0.2) is 0 Å². The van der Waals surface area contributed by atoms with Crippen LogP contribution in [0.5, 0.6) is 0 Å². The van der Waals surface area contributed by atoms with Crippen molar-refractivity contribution in [2.24, 2.45) is 17.8 Å². The Morgan fingerprint density at radius 1 is 1.22 bits per heavy atom. The van der Waals surface area contributed by atoms with Crippen LogP contribution in [0.2, 0.25) is 0 Å². The second kappa shape index (κ2) is 11.1. The van der Waals surface area contributed by atoms with Crippen molar-refractivity contribution in [3.05, 3.63) is 25.3 Å². The lowest BCUT2D eigenvalue weighted by atomic mass is 9.66. The molecule has 6 atom stereocenters. The Morgan fingerprint density at radius 3 is 2.51 bits per heavy atom. The molecule has 7 nitrogen and oxygen atoms in total. The second-order valence-corrected chi connectivity index (χ2v) is 13.7. The van der Waals surface area contributed by atoms with E-state index >= 15 is 0 Å². The van der Waals surface area contributed by atoms with Crippen LogP contribution < -0.4 is 0 Å². The predicted molar refractivity (Wildman–Crippen MR) is 146 cm³/mol. The average molecular weight is 533 g/mol. The van der Waals surface area contributed by atoms with E-state index in [4.69, 9.17) is 4.74 Å². The molecule has 4 aliphatic rings. The fourth-order valence-electron chi connectivity index (χ4n) is 7.42. The number of carbonyl (C=O) groups excluding carboxylic acids is 3. The number of aliphatic hydroxyl groups is 1. The van der Waals surface area contributed by atoms with E-state index in [1.54, 1.807) is 28.8 Å². The smallest absolute Gasteiger partial charge is 0.311 e. The van der Waals surface area contributed by atoms with Gasteiger partial charge < -0.3 is 19.6 Å². The number of esters is 1. The summed E-state index contributed by atoms with van der Waals surface area (Å²) in [5, 5.41) is 10.4. The number of hydrogen-bond acceptors (Lipinski definition) is 6. The number of ether oxygens (including phenoxy) is 1. The van der Waals surface area contributed by atoms with Gasteiger partial charge in [0.1, 0.15) is 6.04 Å². The van der Waals surface area contributed by atoms with Crippen molar-refractivity contribution >= 4 is 29.5 Å². The summed E-state index contributed by atoms with van der Waals surface area (Å²) in [6, 6.07) is -1.09. The van der Waals surface area contributed by atoms with Gasteiger partial charge in [-0.2, -0.15) is 0 Å². The maximum atomic E-state index is 14.6. The molecule has 4 rings (SSSR count). The zero-order valence-corrected chi connectivity index (χ0v) is 23.5. The topological polar surface area (TPSA) is 87.1 Å². The minimum atomic E-state index is -0.718. The summed E-state index contributed by atoms with van der Waals surface area (Å²) in [6.07, 6.45) is 10.7. The van der Waals surface area contributed by atoms with E-state index in [0.717, 1.165) is 32.1 Å². The Bertz CT molecular complexity index is 918. The maximum Gasteiger partial charge on any atom is 0.311 e. The van der Waals surface area contributed by atoms with E-state index in [-0.39, 0.29) is 43.0 Å². The number of likely N-dealkylation sites (tertiary alicyclic amines) is 1. The van der Waals surface area contributed by atoms with Crippen molar-refractivity contribution in [1.29, 1.82) is 0 Å². The van der Waals surface area contributed by atoms with Crippen molar-refractivity contribution < 1.29 is 24.2 Å². The number of hydrogen-bond donors (Lipinski definition) is 1. The number of carbonyl (C=O) groups is 3. The van der Waals surface area contributed by atoms with E-state index in [1.165, 1.54) is 6.42 Å². The molecule has 0 aromatic heterocycles. The third-order valence-corrected chi connectivity index (χ3v) is 11.2. The van der Waals surface area contributed by atoms with Crippen molar-refractivity contribution in [3.63, 3.8) is 0 Å². The van der Waals surface area contributed by atoms with Crippen LogP contribution in [0.25, 0.3) is 0 Å². The summed E-state index contributed by atoms with van der Waals surface area (Å²) in [6.45, 7) is 14.1. The van der Waals surface area contributed by atoms with Crippen molar-refractivity contribution in [1.82, 2.24) is 9.80 Å². The Morgan fingerprint density at radius 2 is 1.92 bits per heavy atom. The molecule has 1 saturated carbocycles. The summed E-state index contributed by atoms with van der Waals surface area (Å²) in [4.78, 5) is 46.0. The molecule has 2 bridgehead atoms. The zero-order valence-electron chi connectivity index (χ0n) is 22.7. The van der Waals surface area contributed by atoms with Gasteiger partial charge in [-0.3, -0.25) is 14.4 Å². The zero-order chi connectivity index (χ0) is 27.0. The standard InChI is InChI=1S/C29H44N2O5S/c1-6-8-17-36-27(35)23-22-25(33)31(21(18-32)19(3)4)24(29(22)15-14-28(23,5)37-29)26(34)30(16-7-2)20-12-10-9-11-13-20/h6-7,19-24,32H,1-2,8-18H2,3-5H3/t21-,22-,23-,24?,28+,29?/m0/s1. The highest BCUT2D eigenvalue weighted by Crippen LogP contribution is 2.72. The van der Waals surface area contributed by atoms with Crippen LogP contribution >= 0.6 is 11.8 Å². The normalized spacial score (nSPS) is 33.9. The molecule has 0 aromatic rings. The van der Waals surface area contributed by atoms with Crippen LogP contribution in [0.1, 0.15) is 72.1 Å². The molecule has 3 saturated heterocycles. The van der Waals surface area contributed by atoms with Gasteiger partial charge in [-0.05, 0) is 44.9 Å². The Hall–Kier alpha value is -1.80. The number of aliphatic hydroxyl groups excluding tert-OH is 1. The largest absolute Gasteiger partial charge is 0.465 e. The molecule has 8 heteroatoms. The summed E-state index contributed by atoms with van der Waals surface area (Å²) in [5.74, 6) is -1.89. The molecule has 0 radical (unpaired) electrons. The van der Waals surface area contributed by atoms with Crippen LogP contribution in [-0.2, 0) is 19.1 Å². The molecule has 1 aliphatic carbocycles. The molecular weight excluding hydrogens is 488 g/mol. The maximum absolute atomic E-state index is 14.6. The highest BCUT2D eigenvalue weighted by Gasteiger charge is 2.78. The van der Waals surface area contributed by atoms with E-state index < -0.39 is 33.4 Å². The van der Waals surface area contributed by atoms with Crippen LogP contribution in [0.3, 0.4) is 0 Å². The molecular formula is C29H44N2O5S. The van der Waals surface area contributed by atoms with Gasteiger partial charge in [0.05, 0.1) is 35.8 Å². The number of rotatable bonds is 11. The molecule has 37 heavy (non-hydrogen) atoms. The monoisotopic (exact) mass is 532 g/mol. The van der Waals surface area contributed by atoms with Crippen molar-refractivity contribution in [2.75, 3.05) is 19.8 Å². The fourth-order valence-corrected chi connectivity index (χ4v) is 9.74. The Labute approximate surface area is 226 Å². The molecule has 2 amide bonds. The van der Waals surface area contributed by atoms with E-state index in [1.807, 2.05) is 18.7 Å². The molecule has 2 unspecified atom stereocenters. The quantitative estimate of drug-likeness (QED) is 0.246. The van der Waals surface area contributed by atoms with Gasteiger partial charge in [-0.15, -0.1) is 24.9 Å². The number of amides is 2. The van der Waals surface area contributed by atoms with Crippen molar-refractivity contribution in [3.8, 4) is 0 Å². The Kier molecular flexibility index (Phi) is 8.49.